The minimum Gasteiger partial charge on any atom is -0.382 e. The van der Waals surface area contributed by atoms with Gasteiger partial charge in [-0.2, -0.15) is 0 Å². The number of nitrogens with one attached hydrogen (secondary N) is 1. The van der Waals surface area contributed by atoms with E-state index in [4.69, 9.17) is 9.47 Å². The van der Waals surface area contributed by atoms with Crippen molar-refractivity contribution in [3.05, 3.63) is 0 Å². The predicted molar refractivity (Wildman–Crippen MR) is 68.3 cm³/mol. The number of methoxy groups -OCH3 is 1. The van der Waals surface area contributed by atoms with Crippen LogP contribution in [0.25, 0.3) is 0 Å². The van der Waals surface area contributed by atoms with Gasteiger partial charge < -0.3 is 14.8 Å². The summed E-state index contributed by atoms with van der Waals surface area (Å²) in [4.78, 5) is 2.61. The van der Waals surface area contributed by atoms with Gasteiger partial charge in [0, 0.05) is 25.7 Å². The van der Waals surface area contributed by atoms with Crippen molar-refractivity contribution in [2.75, 3.05) is 46.6 Å². The molecule has 100 valence electrons. The molecule has 2 unspecified atom stereocenters. The molecule has 0 bridgehead atoms. The summed E-state index contributed by atoms with van der Waals surface area (Å²) in [5.74, 6) is 0. The monoisotopic (exact) mass is 242 g/mol. The van der Waals surface area contributed by atoms with Gasteiger partial charge >= 0.3 is 0 Å². The lowest BCUT2D eigenvalue weighted by atomic mass is 10.0. The van der Waals surface area contributed by atoms with E-state index in [1.165, 1.54) is 38.8 Å². The quantitative estimate of drug-likeness (QED) is 0.672. The fourth-order valence-corrected chi connectivity index (χ4v) is 3.05. The Balaban J connectivity index is 1.64. The summed E-state index contributed by atoms with van der Waals surface area (Å²) in [5.41, 5.74) is 0. The molecule has 0 aromatic heterocycles. The zero-order valence-electron chi connectivity index (χ0n) is 11.0. The molecule has 4 heteroatoms. The first-order chi connectivity index (χ1) is 8.42. The van der Waals surface area contributed by atoms with Gasteiger partial charge in [-0.1, -0.05) is 0 Å². The van der Waals surface area contributed by atoms with Gasteiger partial charge in [0.15, 0.2) is 0 Å². The highest BCUT2D eigenvalue weighted by Crippen LogP contribution is 2.24. The minimum absolute atomic E-state index is 0.702. The molecule has 2 atom stereocenters. The van der Waals surface area contributed by atoms with Crippen molar-refractivity contribution in [1.82, 2.24) is 10.2 Å². The fourth-order valence-electron chi connectivity index (χ4n) is 3.05. The van der Waals surface area contributed by atoms with Crippen molar-refractivity contribution in [1.29, 1.82) is 0 Å². The first-order valence-electron chi connectivity index (χ1n) is 6.96. The third-order valence-electron chi connectivity index (χ3n) is 3.93. The van der Waals surface area contributed by atoms with Crippen molar-refractivity contribution in [2.45, 2.75) is 37.8 Å². The summed E-state index contributed by atoms with van der Waals surface area (Å²) >= 11 is 0. The van der Waals surface area contributed by atoms with Crippen LogP contribution in [-0.4, -0.2) is 63.5 Å². The minimum atomic E-state index is 0.702. The van der Waals surface area contributed by atoms with Crippen molar-refractivity contribution in [3.8, 4) is 0 Å². The van der Waals surface area contributed by atoms with Gasteiger partial charge in [0.05, 0.1) is 19.8 Å². The first-order valence-corrected chi connectivity index (χ1v) is 6.96. The lowest BCUT2D eigenvalue weighted by Gasteiger charge is -2.29. The normalized spacial score (nSPS) is 30.2. The SMILES string of the molecule is COCCOCCN1CCCC1C1CCCN1. The summed E-state index contributed by atoms with van der Waals surface area (Å²) in [6.45, 7) is 5.79. The van der Waals surface area contributed by atoms with Gasteiger partial charge in [-0.3, -0.25) is 4.90 Å². The number of hydrogen-bond acceptors (Lipinski definition) is 4. The molecular weight excluding hydrogens is 216 g/mol. The molecule has 0 amide bonds. The summed E-state index contributed by atoms with van der Waals surface area (Å²) in [6, 6.07) is 1.49. The van der Waals surface area contributed by atoms with Gasteiger partial charge in [-0.05, 0) is 38.8 Å². The molecule has 2 heterocycles. The standard InChI is InChI=1S/C13H26N2O2/c1-16-10-11-17-9-8-15-7-3-5-13(15)12-4-2-6-14-12/h12-14H,2-11H2,1H3. The highest BCUT2D eigenvalue weighted by molar-refractivity contribution is 4.91. The molecule has 0 saturated carbocycles. The summed E-state index contributed by atoms with van der Waals surface area (Å²) in [7, 11) is 1.71. The topological polar surface area (TPSA) is 33.7 Å². The zero-order valence-corrected chi connectivity index (χ0v) is 11.0. The van der Waals surface area contributed by atoms with Crippen molar-refractivity contribution in [2.24, 2.45) is 0 Å². The Hall–Kier alpha value is -0.160. The predicted octanol–water partition coefficient (Wildman–Crippen LogP) is 0.866. The third kappa shape index (κ3) is 3.91. The largest absolute Gasteiger partial charge is 0.382 e. The lowest BCUT2D eigenvalue weighted by molar-refractivity contribution is 0.0530. The van der Waals surface area contributed by atoms with E-state index in [0.717, 1.165) is 31.8 Å². The van der Waals surface area contributed by atoms with Crippen LogP contribution < -0.4 is 5.32 Å². The Kier molecular flexibility index (Phi) is 5.71. The highest BCUT2D eigenvalue weighted by atomic mass is 16.5. The van der Waals surface area contributed by atoms with Crippen LogP contribution in [-0.2, 0) is 9.47 Å². The summed E-state index contributed by atoms with van der Waals surface area (Å²) in [5, 5.41) is 3.64. The molecule has 2 rings (SSSR count). The molecule has 0 aromatic rings. The smallest absolute Gasteiger partial charge is 0.0700 e. The van der Waals surface area contributed by atoms with E-state index in [-0.39, 0.29) is 0 Å². The van der Waals surface area contributed by atoms with Gasteiger partial charge in [-0.15, -0.1) is 0 Å². The molecule has 2 aliphatic heterocycles. The summed E-state index contributed by atoms with van der Waals surface area (Å²) in [6.07, 6.45) is 5.40. The van der Waals surface area contributed by atoms with E-state index < -0.39 is 0 Å². The Morgan fingerprint density at radius 1 is 1.18 bits per heavy atom. The highest BCUT2D eigenvalue weighted by Gasteiger charge is 2.32. The molecule has 17 heavy (non-hydrogen) atoms. The van der Waals surface area contributed by atoms with Crippen LogP contribution in [0.4, 0.5) is 0 Å². The van der Waals surface area contributed by atoms with Crippen LogP contribution in [0.15, 0.2) is 0 Å². The van der Waals surface area contributed by atoms with Gasteiger partial charge in [0.2, 0.25) is 0 Å². The Labute approximate surface area is 105 Å². The van der Waals surface area contributed by atoms with Crippen LogP contribution in [0.1, 0.15) is 25.7 Å². The van der Waals surface area contributed by atoms with Crippen LogP contribution in [0.2, 0.25) is 0 Å². The molecule has 0 aliphatic carbocycles. The van der Waals surface area contributed by atoms with Gasteiger partial charge in [-0.25, -0.2) is 0 Å². The van der Waals surface area contributed by atoms with E-state index in [2.05, 4.69) is 10.2 Å². The van der Waals surface area contributed by atoms with E-state index in [1.807, 2.05) is 0 Å². The molecule has 2 saturated heterocycles. The number of nitrogens with zero attached hydrogens (tertiary/aromatic N) is 1. The number of ether oxygens (including phenoxy) is 2. The molecule has 0 spiro atoms. The average molecular weight is 242 g/mol. The second kappa shape index (κ2) is 7.31. The molecular formula is C13H26N2O2. The Morgan fingerprint density at radius 2 is 2.12 bits per heavy atom. The average Bonchev–Trinajstić information content (AvgIpc) is 2.98. The third-order valence-corrected chi connectivity index (χ3v) is 3.93. The van der Waals surface area contributed by atoms with Crippen molar-refractivity contribution < 1.29 is 9.47 Å². The number of likely N-dealkylation sites (tertiary alicyclic amines) is 1. The Bertz CT molecular complexity index is 208. The molecule has 2 fully saturated rings. The molecule has 0 aromatic carbocycles. The Morgan fingerprint density at radius 3 is 2.88 bits per heavy atom. The maximum atomic E-state index is 5.56. The van der Waals surface area contributed by atoms with Crippen LogP contribution in [0.5, 0.6) is 0 Å². The number of rotatable bonds is 7. The first kappa shape index (κ1) is 13.3. The van der Waals surface area contributed by atoms with Gasteiger partial charge in [0.1, 0.15) is 0 Å². The molecule has 4 nitrogen and oxygen atoms in total. The van der Waals surface area contributed by atoms with Crippen LogP contribution in [0, 0.1) is 0 Å². The second-order valence-corrected chi connectivity index (χ2v) is 5.05. The maximum Gasteiger partial charge on any atom is 0.0700 e. The molecule has 2 aliphatic rings. The second-order valence-electron chi connectivity index (χ2n) is 5.05. The molecule has 0 radical (unpaired) electrons. The van der Waals surface area contributed by atoms with Crippen molar-refractivity contribution in [3.63, 3.8) is 0 Å². The summed E-state index contributed by atoms with van der Waals surface area (Å²) < 4.78 is 10.5. The van der Waals surface area contributed by atoms with E-state index in [0.29, 0.717) is 6.61 Å². The van der Waals surface area contributed by atoms with Crippen LogP contribution >= 0.6 is 0 Å². The van der Waals surface area contributed by atoms with E-state index >= 15 is 0 Å². The van der Waals surface area contributed by atoms with Gasteiger partial charge in [0.25, 0.3) is 0 Å². The maximum absolute atomic E-state index is 5.56. The van der Waals surface area contributed by atoms with E-state index in [1.54, 1.807) is 7.11 Å². The van der Waals surface area contributed by atoms with Crippen molar-refractivity contribution >= 4 is 0 Å². The zero-order chi connectivity index (χ0) is 11.9. The van der Waals surface area contributed by atoms with Crippen LogP contribution in [0.3, 0.4) is 0 Å². The molecule has 1 N–H and O–H groups in total. The number of hydrogen-bond donors (Lipinski definition) is 1. The lowest BCUT2D eigenvalue weighted by Crippen LogP contribution is -2.45. The fraction of sp³-hybridized carbons (Fsp3) is 1.00. The van der Waals surface area contributed by atoms with E-state index in [9.17, 15) is 0 Å².